The standard InChI is InChI=1S/C18H25FN2O6S2/c1-6-27-14-10(11(16(23)24)8-18(3,20)17(25)26)7-12(28-29-19)9(2)13(14)15(22)21(4)5/h7,11H,6,8,20H2,1-5H3,(H,23,24)(H,25,26). The number of carbonyl (C=O) groups is 3. The molecule has 0 aliphatic carbocycles. The Balaban J connectivity index is 3.86. The molecule has 0 heterocycles. The van der Waals surface area contributed by atoms with Crippen molar-refractivity contribution in [1.82, 2.24) is 4.90 Å². The minimum atomic E-state index is -1.84. The van der Waals surface area contributed by atoms with Gasteiger partial charge >= 0.3 is 11.9 Å². The van der Waals surface area contributed by atoms with Crippen LogP contribution in [0.25, 0.3) is 0 Å². The average Bonchev–Trinajstić information content (AvgIpc) is 2.61. The molecule has 0 aromatic heterocycles. The van der Waals surface area contributed by atoms with Gasteiger partial charge < -0.3 is 25.6 Å². The van der Waals surface area contributed by atoms with E-state index >= 15 is 0 Å². The summed E-state index contributed by atoms with van der Waals surface area (Å²) in [4.78, 5) is 37.9. The summed E-state index contributed by atoms with van der Waals surface area (Å²) in [6.45, 7) is 4.62. The monoisotopic (exact) mass is 448 g/mol. The number of aliphatic carboxylic acids is 2. The van der Waals surface area contributed by atoms with Crippen LogP contribution in [0.1, 0.15) is 47.7 Å². The Morgan fingerprint density at radius 2 is 1.93 bits per heavy atom. The Labute approximate surface area is 176 Å². The van der Waals surface area contributed by atoms with Crippen LogP contribution in [0.3, 0.4) is 0 Å². The second-order valence-electron chi connectivity index (χ2n) is 6.89. The van der Waals surface area contributed by atoms with Crippen molar-refractivity contribution < 1.29 is 33.2 Å². The van der Waals surface area contributed by atoms with Crippen molar-refractivity contribution in [2.45, 2.75) is 43.5 Å². The number of carboxylic acids is 2. The van der Waals surface area contributed by atoms with Crippen molar-refractivity contribution in [3.8, 4) is 5.75 Å². The van der Waals surface area contributed by atoms with Gasteiger partial charge in [-0.3, -0.25) is 14.4 Å². The van der Waals surface area contributed by atoms with Gasteiger partial charge in [0, 0.05) is 24.6 Å². The van der Waals surface area contributed by atoms with E-state index in [9.17, 15) is 28.5 Å². The molecule has 0 spiro atoms. The van der Waals surface area contributed by atoms with Crippen molar-refractivity contribution in [3.05, 3.63) is 22.8 Å². The van der Waals surface area contributed by atoms with Gasteiger partial charge in [-0.25, -0.2) is 0 Å². The zero-order chi connectivity index (χ0) is 22.5. The van der Waals surface area contributed by atoms with E-state index < -0.39 is 35.7 Å². The molecule has 162 valence electrons. The summed E-state index contributed by atoms with van der Waals surface area (Å²) in [6, 6.07) is 1.42. The number of nitrogens with two attached hydrogens (primary N) is 1. The van der Waals surface area contributed by atoms with Crippen LogP contribution in [0.2, 0.25) is 0 Å². The molecule has 1 amide bonds. The van der Waals surface area contributed by atoms with Gasteiger partial charge in [0.05, 0.1) is 18.1 Å². The Hall–Kier alpha value is -1.98. The summed E-state index contributed by atoms with van der Waals surface area (Å²) >= 11 is -0.0515. The molecule has 1 rings (SSSR count). The molecule has 1 aromatic carbocycles. The fourth-order valence-corrected chi connectivity index (χ4v) is 3.95. The van der Waals surface area contributed by atoms with Crippen LogP contribution < -0.4 is 10.5 Å². The van der Waals surface area contributed by atoms with Crippen molar-refractivity contribution in [2.75, 3.05) is 20.7 Å². The zero-order valence-electron chi connectivity index (χ0n) is 16.8. The van der Waals surface area contributed by atoms with Crippen LogP contribution in [-0.4, -0.2) is 59.2 Å². The summed E-state index contributed by atoms with van der Waals surface area (Å²) in [5.74, 6) is -4.50. The van der Waals surface area contributed by atoms with Crippen molar-refractivity contribution in [1.29, 1.82) is 0 Å². The van der Waals surface area contributed by atoms with Crippen LogP contribution in [0.4, 0.5) is 3.89 Å². The molecule has 0 aliphatic rings. The molecule has 0 bridgehead atoms. The number of nitrogens with zero attached hydrogens (tertiary/aromatic N) is 1. The predicted octanol–water partition coefficient (Wildman–Crippen LogP) is 3.08. The molecule has 0 saturated carbocycles. The normalized spacial score (nSPS) is 14.0. The smallest absolute Gasteiger partial charge is 0.323 e. The van der Waals surface area contributed by atoms with Crippen LogP contribution in [0, 0.1) is 6.92 Å². The van der Waals surface area contributed by atoms with E-state index in [-0.39, 0.29) is 34.7 Å². The average molecular weight is 449 g/mol. The Morgan fingerprint density at radius 3 is 2.34 bits per heavy atom. The molecule has 0 fully saturated rings. The lowest BCUT2D eigenvalue weighted by atomic mass is 9.83. The minimum absolute atomic E-state index is 0.0329. The predicted molar refractivity (Wildman–Crippen MR) is 110 cm³/mol. The molecule has 4 N–H and O–H groups in total. The summed E-state index contributed by atoms with van der Waals surface area (Å²) in [7, 11) is 3.77. The second kappa shape index (κ2) is 10.2. The molecule has 0 saturated heterocycles. The van der Waals surface area contributed by atoms with Crippen LogP contribution in [0.15, 0.2) is 11.0 Å². The Kier molecular flexibility index (Phi) is 8.79. The molecule has 0 aliphatic heterocycles. The van der Waals surface area contributed by atoms with Crippen molar-refractivity contribution in [3.63, 3.8) is 0 Å². The number of hydrogen-bond acceptors (Lipinski definition) is 7. The first-order chi connectivity index (χ1) is 13.4. The molecular weight excluding hydrogens is 423 g/mol. The molecule has 11 heteroatoms. The molecule has 2 unspecified atom stereocenters. The van der Waals surface area contributed by atoms with E-state index in [0.717, 1.165) is 10.8 Å². The second-order valence-corrected chi connectivity index (χ2v) is 8.50. The van der Waals surface area contributed by atoms with Gasteiger partial charge in [-0.2, -0.15) is 3.89 Å². The van der Waals surface area contributed by atoms with Crippen LogP contribution in [-0.2, 0) is 9.59 Å². The number of ether oxygens (including phenoxy) is 1. The maximum absolute atomic E-state index is 13.0. The molecule has 1 aromatic rings. The highest BCUT2D eigenvalue weighted by molar-refractivity contribution is 8.74. The zero-order valence-corrected chi connectivity index (χ0v) is 18.4. The van der Waals surface area contributed by atoms with E-state index in [1.165, 1.54) is 32.0 Å². The third-order valence-corrected chi connectivity index (χ3v) is 5.73. The number of rotatable bonds is 10. The highest BCUT2D eigenvalue weighted by atomic mass is 33.1. The molecule has 29 heavy (non-hydrogen) atoms. The van der Waals surface area contributed by atoms with Crippen LogP contribution in [0.5, 0.6) is 5.75 Å². The summed E-state index contributed by atoms with van der Waals surface area (Å²) in [5.41, 5.74) is 4.55. The van der Waals surface area contributed by atoms with Crippen molar-refractivity contribution >= 4 is 39.8 Å². The lowest BCUT2D eigenvalue weighted by molar-refractivity contribution is -0.144. The van der Waals surface area contributed by atoms with Gasteiger partial charge in [0.25, 0.3) is 5.91 Å². The van der Waals surface area contributed by atoms with E-state index in [1.807, 2.05) is 0 Å². The lowest BCUT2D eigenvalue weighted by Crippen LogP contribution is -2.47. The van der Waals surface area contributed by atoms with Gasteiger partial charge in [0.15, 0.2) is 0 Å². The molecular formula is C18H25FN2O6S2. The van der Waals surface area contributed by atoms with Gasteiger partial charge in [-0.05, 0) is 49.6 Å². The number of amides is 1. The lowest BCUT2D eigenvalue weighted by Gasteiger charge is -2.27. The number of carboxylic acid groups (broad SMARTS) is 2. The van der Waals surface area contributed by atoms with E-state index in [4.69, 9.17) is 10.5 Å². The third-order valence-electron chi connectivity index (χ3n) is 4.34. The Morgan fingerprint density at radius 1 is 1.34 bits per heavy atom. The largest absolute Gasteiger partial charge is 0.493 e. The first kappa shape index (κ1) is 25.1. The quantitative estimate of drug-likeness (QED) is 0.462. The van der Waals surface area contributed by atoms with E-state index in [2.05, 4.69) is 0 Å². The number of halogens is 1. The number of benzene rings is 1. The molecule has 2 atom stereocenters. The first-order valence-corrected chi connectivity index (χ1v) is 10.7. The van der Waals surface area contributed by atoms with Gasteiger partial charge in [0.1, 0.15) is 22.5 Å². The van der Waals surface area contributed by atoms with Crippen molar-refractivity contribution in [2.24, 2.45) is 5.73 Å². The van der Waals surface area contributed by atoms with Crippen LogP contribution >= 0.6 is 22.0 Å². The Bertz CT molecular complexity index is 801. The van der Waals surface area contributed by atoms with Gasteiger partial charge in [-0.1, -0.05) is 0 Å². The molecule has 0 radical (unpaired) electrons. The fourth-order valence-electron chi connectivity index (χ4n) is 2.75. The maximum atomic E-state index is 13.0. The van der Waals surface area contributed by atoms with E-state index in [1.54, 1.807) is 13.8 Å². The SMILES string of the molecule is CCOc1c(C(CC(C)(N)C(=O)O)C(=O)O)cc(SSF)c(C)c1C(=O)N(C)C. The third kappa shape index (κ3) is 5.77. The summed E-state index contributed by atoms with van der Waals surface area (Å²) < 4.78 is 18.7. The number of carbonyl (C=O) groups excluding carboxylic acids is 1. The maximum Gasteiger partial charge on any atom is 0.323 e. The van der Waals surface area contributed by atoms with Gasteiger partial charge in [0.2, 0.25) is 0 Å². The van der Waals surface area contributed by atoms with Gasteiger partial charge in [-0.15, -0.1) is 0 Å². The topological polar surface area (TPSA) is 130 Å². The highest BCUT2D eigenvalue weighted by Gasteiger charge is 2.38. The fraction of sp³-hybridized carbons (Fsp3) is 0.500. The summed E-state index contributed by atoms with van der Waals surface area (Å²) in [5, 5.41) is 19.1. The number of hydrogen-bond donors (Lipinski definition) is 3. The minimum Gasteiger partial charge on any atom is -0.493 e. The molecule has 8 nitrogen and oxygen atoms in total. The highest BCUT2D eigenvalue weighted by Crippen LogP contribution is 2.44. The first-order valence-electron chi connectivity index (χ1n) is 8.61. The summed E-state index contributed by atoms with van der Waals surface area (Å²) in [6.07, 6.45) is -0.455. The van der Waals surface area contributed by atoms with E-state index in [0.29, 0.717) is 10.5 Å².